The first kappa shape index (κ1) is 8.69. The molecule has 1 aliphatic rings. The Labute approximate surface area is 78.4 Å². The quantitative estimate of drug-likeness (QED) is 0.730. The van der Waals surface area contributed by atoms with Crippen LogP contribution in [-0.2, 0) is 13.5 Å². The maximum Gasteiger partial charge on any atom is 0.134 e. The van der Waals surface area contributed by atoms with Gasteiger partial charge in [0.15, 0.2) is 0 Å². The van der Waals surface area contributed by atoms with Crippen molar-refractivity contribution in [3.05, 3.63) is 11.6 Å². The van der Waals surface area contributed by atoms with E-state index in [-0.39, 0.29) is 0 Å². The van der Waals surface area contributed by atoms with Crippen LogP contribution in [0.1, 0.15) is 24.5 Å². The lowest BCUT2D eigenvalue weighted by Gasteiger charge is -2.02. The number of nitrogens with one attached hydrogen (secondary N) is 1. The van der Waals surface area contributed by atoms with Crippen LogP contribution in [0.3, 0.4) is 0 Å². The first-order valence-corrected chi connectivity index (χ1v) is 4.85. The molecule has 0 aliphatic heterocycles. The fourth-order valence-corrected chi connectivity index (χ4v) is 1.34. The summed E-state index contributed by atoms with van der Waals surface area (Å²) in [7, 11) is 2.02. The third-order valence-electron chi connectivity index (χ3n) is 2.54. The van der Waals surface area contributed by atoms with Gasteiger partial charge in [0.1, 0.15) is 11.6 Å². The average Bonchev–Trinajstić information content (AvgIpc) is 2.88. The summed E-state index contributed by atoms with van der Waals surface area (Å²) in [6.45, 7) is 3.00. The van der Waals surface area contributed by atoms with Gasteiger partial charge in [0, 0.05) is 26.1 Å². The first-order chi connectivity index (χ1) is 6.27. The largest absolute Gasteiger partial charge is 0.318 e. The summed E-state index contributed by atoms with van der Waals surface area (Å²) in [4.78, 5) is 0. The Morgan fingerprint density at radius 2 is 2.23 bits per heavy atom. The van der Waals surface area contributed by atoms with Gasteiger partial charge in [-0.05, 0) is 19.8 Å². The fraction of sp³-hybridized carbons (Fsp3) is 0.778. The molecule has 0 saturated heterocycles. The Morgan fingerprint density at radius 3 is 2.77 bits per heavy atom. The Hall–Kier alpha value is -0.900. The van der Waals surface area contributed by atoms with Crippen molar-refractivity contribution in [2.45, 2.75) is 32.2 Å². The molecule has 1 N–H and O–H groups in total. The van der Waals surface area contributed by atoms with Crippen molar-refractivity contribution in [1.29, 1.82) is 0 Å². The standard InChI is InChI=1S/C9H16N4/c1-7-11-12-9(13(7)2)5-6-10-8-3-4-8/h8,10H,3-6H2,1-2H3. The molecule has 72 valence electrons. The average molecular weight is 180 g/mol. The van der Waals surface area contributed by atoms with Crippen LogP contribution < -0.4 is 5.32 Å². The summed E-state index contributed by atoms with van der Waals surface area (Å²) in [6, 6.07) is 0.786. The molecule has 1 aromatic rings. The molecule has 1 aromatic heterocycles. The molecule has 4 heteroatoms. The van der Waals surface area contributed by atoms with E-state index in [0.717, 1.165) is 30.7 Å². The van der Waals surface area contributed by atoms with Gasteiger partial charge in [-0.2, -0.15) is 0 Å². The van der Waals surface area contributed by atoms with Gasteiger partial charge in [-0.25, -0.2) is 0 Å². The first-order valence-electron chi connectivity index (χ1n) is 4.85. The maximum absolute atomic E-state index is 4.11. The summed E-state index contributed by atoms with van der Waals surface area (Å²) in [5.41, 5.74) is 0. The lowest BCUT2D eigenvalue weighted by molar-refractivity contribution is 0.648. The van der Waals surface area contributed by atoms with E-state index >= 15 is 0 Å². The molecule has 1 saturated carbocycles. The monoisotopic (exact) mass is 180 g/mol. The highest BCUT2D eigenvalue weighted by Gasteiger charge is 2.19. The van der Waals surface area contributed by atoms with Crippen molar-refractivity contribution < 1.29 is 0 Å². The van der Waals surface area contributed by atoms with Crippen LogP contribution in [0.15, 0.2) is 0 Å². The molecule has 1 aliphatic carbocycles. The Kier molecular flexibility index (Phi) is 2.31. The molecule has 0 radical (unpaired) electrons. The zero-order valence-corrected chi connectivity index (χ0v) is 8.25. The van der Waals surface area contributed by atoms with Crippen LogP contribution in [0.5, 0.6) is 0 Å². The van der Waals surface area contributed by atoms with E-state index in [1.54, 1.807) is 0 Å². The van der Waals surface area contributed by atoms with Gasteiger partial charge in [0.2, 0.25) is 0 Å². The second-order valence-electron chi connectivity index (χ2n) is 3.70. The van der Waals surface area contributed by atoms with Gasteiger partial charge in [0.05, 0.1) is 0 Å². The fourth-order valence-electron chi connectivity index (χ4n) is 1.34. The molecule has 0 amide bonds. The van der Waals surface area contributed by atoms with E-state index in [4.69, 9.17) is 0 Å². The maximum atomic E-state index is 4.11. The lowest BCUT2D eigenvalue weighted by atomic mass is 10.4. The smallest absolute Gasteiger partial charge is 0.134 e. The summed E-state index contributed by atoms with van der Waals surface area (Å²) in [5.74, 6) is 2.06. The summed E-state index contributed by atoms with van der Waals surface area (Å²) in [5, 5.41) is 11.6. The topological polar surface area (TPSA) is 42.7 Å². The van der Waals surface area contributed by atoms with E-state index in [0.29, 0.717) is 0 Å². The van der Waals surface area contributed by atoms with Gasteiger partial charge in [0.25, 0.3) is 0 Å². The van der Waals surface area contributed by atoms with Crippen molar-refractivity contribution >= 4 is 0 Å². The summed E-state index contributed by atoms with van der Waals surface area (Å²) < 4.78 is 2.05. The molecular formula is C9H16N4. The highest BCUT2D eigenvalue weighted by atomic mass is 15.3. The number of hydrogen-bond acceptors (Lipinski definition) is 3. The van der Waals surface area contributed by atoms with Gasteiger partial charge in [-0.15, -0.1) is 10.2 Å². The zero-order chi connectivity index (χ0) is 9.26. The van der Waals surface area contributed by atoms with Gasteiger partial charge in [-0.1, -0.05) is 0 Å². The van der Waals surface area contributed by atoms with Crippen LogP contribution in [0.4, 0.5) is 0 Å². The minimum absolute atomic E-state index is 0.786. The van der Waals surface area contributed by atoms with E-state index < -0.39 is 0 Å². The predicted octanol–water partition coefficient (Wildman–Crippen LogP) is 0.418. The van der Waals surface area contributed by atoms with Crippen LogP contribution in [-0.4, -0.2) is 27.4 Å². The van der Waals surface area contributed by atoms with Crippen molar-refractivity contribution in [2.75, 3.05) is 6.54 Å². The Morgan fingerprint density at radius 1 is 1.46 bits per heavy atom. The highest BCUT2D eigenvalue weighted by Crippen LogP contribution is 2.18. The Balaban J connectivity index is 1.82. The van der Waals surface area contributed by atoms with Crippen molar-refractivity contribution in [2.24, 2.45) is 7.05 Å². The molecule has 1 fully saturated rings. The number of nitrogens with zero attached hydrogens (tertiary/aromatic N) is 3. The second kappa shape index (κ2) is 3.46. The molecule has 2 rings (SSSR count). The molecule has 0 bridgehead atoms. The molecular weight excluding hydrogens is 164 g/mol. The molecule has 0 unspecified atom stereocenters. The van der Waals surface area contributed by atoms with Crippen molar-refractivity contribution in [3.8, 4) is 0 Å². The van der Waals surface area contributed by atoms with Gasteiger partial charge in [-0.3, -0.25) is 0 Å². The van der Waals surface area contributed by atoms with Crippen molar-refractivity contribution in [3.63, 3.8) is 0 Å². The van der Waals surface area contributed by atoms with E-state index in [2.05, 4.69) is 20.1 Å². The molecule has 13 heavy (non-hydrogen) atoms. The van der Waals surface area contributed by atoms with Crippen LogP contribution in [0.25, 0.3) is 0 Å². The van der Waals surface area contributed by atoms with E-state index in [9.17, 15) is 0 Å². The van der Waals surface area contributed by atoms with Gasteiger partial charge < -0.3 is 9.88 Å². The van der Waals surface area contributed by atoms with E-state index in [1.165, 1.54) is 12.8 Å². The Bertz CT molecular complexity index is 288. The second-order valence-corrected chi connectivity index (χ2v) is 3.70. The van der Waals surface area contributed by atoms with Crippen molar-refractivity contribution in [1.82, 2.24) is 20.1 Å². The number of aryl methyl sites for hydroxylation is 1. The van der Waals surface area contributed by atoms with Gasteiger partial charge >= 0.3 is 0 Å². The molecule has 0 spiro atoms. The minimum atomic E-state index is 0.786. The third kappa shape index (κ3) is 2.06. The molecule has 0 aromatic carbocycles. The zero-order valence-electron chi connectivity index (χ0n) is 8.25. The minimum Gasteiger partial charge on any atom is -0.318 e. The van der Waals surface area contributed by atoms with E-state index in [1.807, 2.05) is 14.0 Å². The number of aromatic nitrogens is 3. The summed E-state index contributed by atoms with van der Waals surface area (Å²) in [6.07, 6.45) is 3.67. The van der Waals surface area contributed by atoms with Crippen LogP contribution in [0, 0.1) is 6.92 Å². The van der Waals surface area contributed by atoms with Crippen LogP contribution in [0.2, 0.25) is 0 Å². The third-order valence-corrected chi connectivity index (χ3v) is 2.54. The number of rotatable bonds is 4. The molecule has 0 atom stereocenters. The predicted molar refractivity (Wildman–Crippen MR) is 50.5 cm³/mol. The molecule has 1 heterocycles. The normalized spacial score (nSPS) is 16.5. The lowest BCUT2D eigenvalue weighted by Crippen LogP contribution is -2.20. The van der Waals surface area contributed by atoms with Crippen LogP contribution >= 0.6 is 0 Å². The highest BCUT2D eigenvalue weighted by molar-refractivity contribution is 4.93. The number of hydrogen-bond donors (Lipinski definition) is 1. The SMILES string of the molecule is Cc1nnc(CCNC2CC2)n1C. The molecule has 4 nitrogen and oxygen atoms in total. The summed E-state index contributed by atoms with van der Waals surface area (Å²) >= 11 is 0.